The molecular weight excluding hydrogens is 292 g/mol. The summed E-state index contributed by atoms with van der Waals surface area (Å²) in [6, 6.07) is 16.4. The zero-order valence-electron chi connectivity index (χ0n) is 12.5. The van der Waals surface area contributed by atoms with Gasteiger partial charge in [-0.2, -0.15) is 5.26 Å². The fourth-order valence-electron chi connectivity index (χ4n) is 3.52. The summed E-state index contributed by atoms with van der Waals surface area (Å²) in [5.41, 5.74) is 2.73. The van der Waals surface area contributed by atoms with Crippen LogP contribution < -0.4 is 0 Å². The maximum Gasteiger partial charge on any atom is 0.147 e. The fourth-order valence-corrected chi connectivity index (χ4v) is 3.72. The smallest absolute Gasteiger partial charge is 0.147 e. The van der Waals surface area contributed by atoms with Crippen molar-refractivity contribution >= 4 is 11.6 Å². The Labute approximate surface area is 136 Å². The van der Waals surface area contributed by atoms with Gasteiger partial charge in [0.1, 0.15) is 11.2 Å². The highest BCUT2D eigenvalue weighted by Gasteiger charge is 2.27. The van der Waals surface area contributed by atoms with Crippen LogP contribution in [0.25, 0.3) is 0 Å². The topological polar surface area (TPSA) is 36.7 Å². The summed E-state index contributed by atoms with van der Waals surface area (Å²) >= 11 is 6.17. The van der Waals surface area contributed by atoms with Gasteiger partial charge in [-0.25, -0.2) is 4.98 Å². The molecule has 1 aromatic heterocycles. The number of hydrogen-bond acceptors (Lipinski definition) is 2. The molecule has 0 N–H and O–H groups in total. The highest BCUT2D eigenvalue weighted by Crippen LogP contribution is 2.40. The summed E-state index contributed by atoms with van der Waals surface area (Å²) in [6.45, 7) is 0. The maximum atomic E-state index is 9.04. The summed E-state index contributed by atoms with van der Waals surface area (Å²) in [4.78, 5) is 4.54. The average molecular weight is 311 g/mol. The molecule has 1 aliphatic rings. The third-order valence-corrected chi connectivity index (χ3v) is 4.88. The van der Waals surface area contributed by atoms with Gasteiger partial charge in [0, 0.05) is 11.6 Å². The monoisotopic (exact) mass is 310 g/mol. The zero-order chi connectivity index (χ0) is 15.4. The molecular formula is C19H19ClN2. The van der Waals surface area contributed by atoms with Gasteiger partial charge in [0.15, 0.2) is 0 Å². The number of benzene rings is 1. The molecule has 1 atom stereocenters. The molecule has 2 nitrogen and oxygen atoms in total. The van der Waals surface area contributed by atoms with Crippen molar-refractivity contribution in [1.82, 2.24) is 4.98 Å². The molecule has 0 radical (unpaired) electrons. The first kappa shape index (κ1) is 15.1. The molecule has 3 rings (SSSR count). The number of hydrogen-bond donors (Lipinski definition) is 0. The Morgan fingerprint density at radius 3 is 2.41 bits per heavy atom. The lowest BCUT2D eigenvalue weighted by atomic mass is 9.75. The maximum absolute atomic E-state index is 9.04. The Morgan fingerprint density at radius 1 is 1.05 bits per heavy atom. The van der Waals surface area contributed by atoms with E-state index in [1.54, 1.807) is 6.07 Å². The largest absolute Gasteiger partial charge is 0.239 e. The van der Waals surface area contributed by atoms with E-state index in [0.717, 1.165) is 5.69 Å². The molecule has 112 valence electrons. The van der Waals surface area contributed by atoms with Crippen LogP contribution in [0.5, 0.6) is 0 Å². The second-order valence-corrected chi connectivity index (χ2v) is 6.33. The molecule has 1 fully saturated rings. The highest BCUT2D eigenvalue weighted by molar-refractivity contribution is 6.30. The summed E-state index contributed by atoms with van der Waals surface area (Å²) in [7, 11) is 0. The third kappa shape index (κ3) is 3.15. The number of pyridine rings is 1. The Bertz CT molecular complexity index is 670. The van der Waals surface area contributed by atoms with Gasteiger partial charge in [0.25, 0.3) is 0 Å². The first-order valence-electron chi connectivity index (χ1n) is 7.91. The van der Waals surface area contributed by atoms with Crippen LogP contribution in [0.1, 0.15) is 54.8 Å². The van der Waals surface area contributed by atoms with Crippen LogP contribution in [-0.4, -0.2) is 4.98 Å². The Balaban J connectivity index is 2.01. The van der Waals surface area contributed by atoms with Crippen molar-refractivity contribution in [2.75, 3.05) is 0 Å². The molecule has 1 saturated carbocycles. The minimum Gasteiger partial charge on any atom is -0.239 e. The Morgan fingerprint density at radius 2 is 1.77 bits per heavy atom. The predicted molar refractivity (Wildman–Crippen MR) is 88.8 cm³/mol. The molecule has 2 aromatic rings. The molecule has 1 aliphatic carbocycles. The summed E-state index contributed by atoms with van der Waals surface area (Å²) in [6.07, 6.45) is 6.38. The molecule has 0 aliphatic heterocycles. The summed E-state index contributed by atoms with van der Waals surface area (Å²) < 4.78 is 0. The van der Waals surface area contributed by atoms with E-state index in [1.165, 1.54) is 37.7 Å². The van der Waals surface area contributed by atoms with Gasteiger partial charge in [-0.3, -0.25) is 0 Å². The molecule has 0 saturated heterocycles. The Kier molecular flexibility index (Phi) is 4.75. The van der Waals surface area contributed by atoms with Gasteiger partial charge in [-0.15, -0.1) is 0 Å². The Hall–Kier alpha value is -1.85. The molecule has 1 aromatic carbocycles. The van der Waals surface area contributed by atoms with Crippen molar-refractivity contribution in [3.63, 3.8) is 0 Å². The van der Waals surface area contributed by atoms with Crippen molar-refractivity contribution in [2.24, 2.45) is 5.92 Å². The zero-order valence-corrected chi connectivity index (χ0v) is 13.3. The second-order valence-electron chi connectivity index (χ2n) is 5.97. The number of halogens is 1. The number of aromatic nitrogens is 1. The van der Waals surface area contributed by atoms with Crippen LogP contribution in [0.4, 0.5) is 0 Å². The van der Waals surface area contributed by atoms with E-state index in [0.29, 0.717) is 16.6 Å². The van der Waals surface area contributed by atoms with E-state index < -0.39 is 0 Å². The summed E-state index contributed by atoms with van der Waals surface area (Å²) in [5.74, 6) is 0.874. The van der Waals surface area contributed by atoms with Crippen molar-refractivity contribution in [2.45, 2.75) is 38.0 Å². The minimum absolute atomic E-state index is 0.270. The SMILES string of the molecule is N#Cc1ccc(C(c2ccccc2)C2CCCCC2)nc1Cl. The van der Waals surface area contributed by atoms with Crippen LogP contribution in [0.15, 0.2) is 42.5 Å². The van der Waals surface area contributed by atoms with Gasteiger partial charge in [-0.05, 0) is 36.5 Å². The van der Waals surface area contributed by atoms with E-state index in [1.807, 2.05) is 12.1 Å². The minimum atomic E-state index is 0.270. The molecule has 0 bridgehead atoms. The number of rotatable bonds is 3. The first-order valence-corrected chi connectivity index (χ1v) is 8.29. The average Bonchev–Trinajstić information content (AvgIpc) is 2.57. The van der Waals surface area contributed by atoms with E-state index >= 15 is 0 Å². The van der Waals surface area contributed by atoms with Crippen molar-refractivity contribution in [3.05, 3.63) is 64.4 Å². The normalized spacial score (nSPS) is 16.9. The molecule has 1 heterocycles. The van der Waals surface area contributed by atoms with Gasteiger partial charge in [0.05, 0.1) is 5.56 Å². The van der Waals surface area contributed by atoms with E-state index in [2.05, 4.69) is 35.3 Å². The quantitative estimate of drug-likeness (QED) is 0.719. The predicted octanol–water partition coefficient (Wildman–Crippen LogP) is 5.32. The lowest BCUT2D eigenvalue weighted by molar-refractivity contribution is 0.324. The molecule has 1 unspecified atom stereocenters. The molecule has 22 heavy (non-hydrogen) atoms. The van der Waals surface area contributed by atoms with E-state index in [9.17, 15) is 0 Å². The van der Waals surface area contributed by atoms with Gasteiger partial charge in [-0.1, -0.05) is 61.2 Å². The highest BCUT2D eigenvalue weighted by atomic mass is 35.5. The van der Waals surface area contributed by atoms with E-state index in [-0.39, 0.29) is 5.92 Å². The molecule has 0 spiro atoms. The van der Waals surface area contributed by atoms with Gasteiger partial charge < -0.3 is 0 Å². The lowest BCUT2D eigenvalue weighted by Crippen LogP contribution is -2.18. The fraction of sp³-hybridized carbons (Fsp3) is 0.368. The van der Waals surface area contributed by atoms with Crippen LogP contribution in [0, 0.1) is 17.2 Å². The molecule has 3 heteroatoms. The number of nitrogens with zero attached hydrogens (tertiary/aromatic N) is 2. The van der Waals surface area contributed by atoms with Crippen molar-refractivity contribution in [3.8, 4) is 6.07 Å². The second kappa shape index (κ2) is 6.94. The lowest BCUT2D eigenvalue weighted by Gasteiger charge is -2.30. The van der Waals surface area contributed by atoms with Crippen molar-refractivity contribution in [1.29, 1.82) is 5.26 Å². The van der Waals surface area contributed by atoms with Crippen LogP contribution in [0.2, 0.25) is 5.15 Å². The standard InChI is InChI=1S/C19H19ClN2/c20-19-16(13-21)11-12-17(22-19)18(14-7-3-1-4-8-14)15-9-5-2-6-10-15/h1,3-4,7-8,11-12,15,18H,2,5-6,9-10H2. The van der Waals surface area contributed by atoms with Crippen molar-refractivity contribution < 1.29 is 0 Å². The van der Waals surface area contributed by atoms with Crippen LogP contribution in [0.3, 0.4) is 0 Å². The van der Waals surface area contributed by atoms with E-state index in [4.69, 9.17) is 16.9 Å². The molecule has 0 amide bonds. The van der Waals surface area contributed by atoms with Gasteiger partial charge in [0.2, 0.25) is 0 Å². The summed E-state index contributed by atoms with van der Waals surface area (Å²) in [5, 5.41) is 9.36. The first-order chi connectivity index (χ1) is 10.8. The van der Waals surface area contributed by atoms with Crippen LogP contribution >= 0.6 is 11.6 Å². The third-order valence-electron chi connectivity index (χ3n) is 4.59. The number of nitriles is 1. The van der Waals surface area contributed by atoms with Gasteiger partial charge >= 0.3 is 0 Å². The van der Waals surface area contributed by atoms with Crippen LogP contribution in [-0.2, 0) is 0 Å².